The van der Waals surface area contributed by atoms with Crippen molar-refractivity contribution >= 4 is 16.1 Å². The SMILES string of the molecule is C[Si]1(C)CCCCCCCCCCCC[Si](C)(C)CCCCCCCCCCCC1. The zero-order valence-corrected chi connectivity index (χ0v) is 24.0. The summed E-state index contributed by atoms with van der Waals surface area (Å²) in [6.07, 6.45) is 30.2. The van der Waals surface area contributed by atoms with Gasteiger partial charge in [0.05, 0.1) is 0 Å². The Morgan fingerprint density at radius 3 is 0.533 bits per heavy atom. The Kier molecular flexibility index (Phi) is 17.0. The molecular formula is C28H60Si2. The fourth-order valence-corrected chi connectivity index (χ4v) is 10.8. The summed E-state index contributed by atoms with van der Waals surface area (Å²) in [4.78, 5) is 0. The molecule has 2 heteroatoms. The van der Waals surface area contributed by atoms with Crippen LogP contribution >= 0.6 is 0 Å². The molecule has 1 heterocycles. The highest BCUT2D eigenvalue weighted by atomic mass is 28.3. The van der Waals surface area contributed by atoms with Gasteiger partial charge >= 0.3 is 0 Å². The maximum atomic E-state index is 2.66. The molecule has 1 rings (SSSR count). The molecular weight excluding hydrogens is 392 g/mol. The van der Waals surface area contributed by atoms with E-state index in [0.29, 0.717) is 0 Å². The normalized spacial score (nSPS) is 26.0. The average molecular weight is 453 g/mol. The molecule has 0 nitrogen and oxygen atoms in total. The highest BCUT2D eigenvalue weighted by molar-refractivity contribution is 6.77. The van der Waals surface area contributed by atoms with Gasteiger partial charge < -0.3 is 0 Å². The number of hydrogen-bond donors (Lipinski definition) is 0. The van der Waals surface area contributed by atoms with Gasteiger partial charge in [0.2, 0.25) is 0 Å². The molecule has 1 aliphatic rings. The van der Waals surface area contributed by atoms with E-state index in [1.807, 2.05) is 0 Å². The summed E-state index contributed by atoms with van der Waals surface area (Å²) >= 11 is 0. The molecule has 0 atom stereocenters. The lowest BCUT2D eigenvalue weighted by Crippen LogP contribution is -2.24. The first kappa shape index (κ1) is 28.5. The summed E-state index contributed by atoms with van der Waals surface area (Å²) in [6.45, 7) is 10.6. The van der Waals surface area contributed by atoms with E-state index in [-0.39, 0.29) is 0 Å². The molecule has 0 aromatic heterocycles. The Bertz CT molecular complexity index is 307. The van der Waals surface area contributed by atoms with Crippen molar-refractivity contribution in [3.63, 3.8) is 0 Å². The van der Waals surface area contributed by atoms with Gasteiger partial charge in [-0.05, 0) is 0 Å². The summed E-state index contributed by atoms with van der Waals surface area (Å²) in [5.41, 5.74) is 0. The Morgan fingerprint density at radius 1 is 0.233 bits per heavy atom. The van der Waals surface area contributed by atoms with Crippen molar-refractivity contribution in [2.75, 3.05) is 0 Å². The van der Waals surface area contributed by atoms with Gasteiger partial charge in [0, 0.05) is 16.1 Å². The van der Waals surface area contributed by atoms with E-state index in [0.717, 1.165) is 0 Å². The van der Waals surface area contributed by atoms with Crippen LogP contribution in [0.15, 0.2) is 0 Å². The Morgan fingerprint density at radius 2 is 0.367 bits per heavy atom. The molecule has 0 saturated carbocycles. The van der Waals surface area contributed by atoms with Gasteiger partial charge in [0.25, 0.3) is 0 Å². The molecule has 1 fully saturated rings. The molecule has 0 aromatic rings. The van der Waals surface area contributed by atoms with Crippen molar-refractivity contribution in [3.05, 3.63) is 0 Å². The van der Waals surface area contributed by atoms with Gasteiger partial charge in [-0.3, -0.25) is 0 Å². The monoisotopic (exact) mass is 452 g/mol. The van der Waals surface area contributed by atoms with Gasteiger partial charge in [0.15, 0.2) is 0 Å². The van der Waals surface area contributed by atoms with Crippen LogP contribution in [-0.4, -0.2) is 16.1 Å². The average Bonchev–Trinajstić information content (AvgIpc) is 2.68. The first-order chi connectivity index (χ1) is 14.4. The fraction of sp³-hybridized carbons (Fsp3) is 1.00. The molecule has 0 amide bonds. The molecule has 0 radical (unpaired) electrons. The molecule has 0 aliphatic carbocycles. The van der Waals surface area contributed by atoms with Crippen LogP contribution in [0, 0.1) is 0 Å². The van der Waals surface area contributed by atoms with Crippen LogP contribution in [0.4, 0.5) is 0 Å². The molecule has 1 aliphatic heterocycles. The highest BCUT2D eigenvalue weighted by Gasteiger charge is 2.20. The van der Waals surface area contributed by atoms with E-state index in [1.165, 1.54) is 128 Å². The minimum Gasteiger partial charge on any atom is -0.0693 e. The topological polar surface area (TPSA) is 0 Å². The van der Waals surface area contributed by atoms with E-state index in [4.69, 9.17) is 0 Å². The minimum atomic E-state index is -0.890. The highest BCUT2D eigenvalue weighted by Crippen LogP contribution is 2.25. The summed E-state index contributed by atoms with van der Waals surface area (Å²) in [5, 5.41) is 0. The number of rotatable bonds is 0. The lowest BCUT2D eigenvalue weighted by Gasteiger charge is -2.22. The summed E-state index contributed by atoms with van der Waals surface area (Å²) in [6, 6.07) is 6.36. The van der Waals surface area contributed by atoms with Crippen LogP contribution in [-0.2, 0) is 0 Å². The zero-order valence-electron chi connectivity index (χ0n) is 22.0. The smallest absolute Gasteiger partial charge is 0.0473 e. The summed E-state index contributed by atoms with van der Waals surface area (Å²) in [5.74, 6) is 0. The summed E-state index contributed by atoms with van der Waals surface area (Å²) < 4.78 is 0. The van der Waals surface area contributed by atoms with Crippen molar-refractivity contribution in [2.45, 2.75) is 179 Å². The maximum absolute atomic E-state index is 2.66. The van der Waals surface area contributed by atoms with E-state index >= 15 is 0 Å². The third kappa shape index (κ3) is 18.0. The third-order valence-corrected chi connectivity index (χ3v) is 14.7. The predicted octanol–water partition coefficient (Wildman–Crippen LogP) is 11.2. The van der Waals surface area contributed by atoms with Gasteiger partial charge in [-0.15, -0.1) is 0 Å². The van der Waals surface area contributed by atoms with Crippen LogP contribution in [0.1, 0.15) is 128 Å². The van der Waals surface area contributed by atoms with Crippen LogP contribution in [0.25, 0.3) is 0 Å². The van der Waals surface area contributed by atoms with Crippen molar-refractivity contribution < 1.29 is 0 Å². The zero-order chi connectivity index (χ0) is 22.0. The van der Waals surface area contributed by atoms with Gasteiger partial charge in [-0.2, -0.15) is 0 Å². The molecule has 1 saturated heterocycles. The first-order valence-corrected chi connectivity index (χ1v) is 21.2. The standard InChI is InChI=1S/C28H60Si2/c1-29(2)25-21-17-13-9-5-7-11-15-19-23-27-30(3,4)28-24-20-16-12-8-6-10-14-18-22-26-29/h5-28H2,1-4H3. The number of hydrogen-bond acceptors (Lipinski definition) is 0. The maximum Gasteiger partial charge on any atom is 0.0473 e. The molecule has 0 unspecified atom stereocenters. The Hall–Kier alpha value is 0.434. The van der Waals surface area contributed by atoms with E-state index in [9.17, 15) is 0 Å². The quantitative estimate of drug-likeness (QED) is 0.320. The van der Waals surface area contributed by atoms with Crippen LogP contribution in [0.2, 0.25) is 50.4 Å². The molecule has 0 spiro atoms. The van der Waals surface area contributed by atoms with Crippen molar-refractivity contribution in [2.24, 2.45) is 0 Å². The molecule has 0 bridgehead atoms. The Balaban J connectivity index is 2.24. The molecule has 0 aromatic carbocycles. The van der Waals surface area contributed by atoms with Gasteiger partial charge in [-0.1, -0.05) is 179 Å². The van der Waals surface area contributed by atoms with Crippen LogP contribution < -0.4 is 0 Å². The van der Waals surface area contributed by atoms with Gasteiger partial charge in [0.1, 0.15) is 0 Å². The van der Waals surface area contributed by atoms with Crippen molar-refractivity contribution in [1.82, 2.24) is 0 Å². The van der Waals surface area contributed by atoms with Gasteiger partial charge in [-0.25, -0.2) is 0 Å². The van der Waals surface area contributed by atoms with E-state index in [1.54, 1.807) is 24.2 Å². The Labute approximate surface area is 194 Å². The lowest BCUT2D eigenvalue weighted by molar-refractivity contribution is 0.556. The molecule has 30 heavy (non-hydrogen) atoms. The van der Waals surface area contributed by atoms with Crippen LogP contribution in [0.5, 0.6) is 0 Å². The third-order valence-electron chi connectivity index (χ3n) is 7.91. The van der Waals surface area contributed by atoms with Crippen molar-refractivity contribution in [3.8, 4) is 0 Å². The second kappa shape index (κ2) is 17.9. The second-order valence-electron chi connectivity index (χ2n) is 12.4. The minimum absolute atomic E-state index is 0.890. The molecule has 180 valence electrons. The van der Waals surface area contributed by atoms with E-state index < -0.39 is 16.1 Å². The molecule has 0 N–H and O–H groups in total. The first-order valence-electron chi connectivity index (χ1n) is 14.4. The predicted molar refractivity (Wildman–Crippen MR) is 147 cm³/mol. The fourth-order valence-electron chi connectivity index (χ4n) is 5.49. The summed E-state index contributed by atoms with van der Waals surface area (Å²) in [7, 11) is -1.78. The van der Waals surface area contributed by atoms with E-state index in [2.05, 4.69) is 26.2 Å². The second-order valence-corrected chi connectivity index (χ2v) is 23.1. The van der Waals surface area contributed by atoms with Crippen molar-refractivity contribution in [1.29, 1.82) is 0 Å². The lowest BCUT2D eigenvalue weighted by atomic mass is 10.1. The van der Waals surface area contributed by atoms with Crippen LogP contribution in [0.3, 0.4) is 0 Å². The largest absolute Gasteiger partial charge is 0.0693 e.